The highest BCUT2D eigenvalue weighted by molar-refractivity contribution is 7.92. The first-order chi connectivity index (χ1) is 7.89. The van der Waals surface area contributed by atoms with Crippen LogP contribution in [0.15, 0.2) is 29.2 Å². The number of benzene rings is 1. The largest absolute Gasteiger partial charge is 0.223 e. The molecular weight excluding hydrogens is 256 g/mol. The highest BCUT2D eigenvalue weighted by Gasteiger charge is 2.19. The minimum Gasteiger partial charge on any atom is -0.223 e. The number of alkyl halides is 1. The first kappa shape index (κ1) is 14.5. The molecule has 2 nitrogen and oxygen atoms in total. The predicted molar refractivity (Wildman–Crippen MR) is 72.5 cm³/mol. The van der Waals surface area contributed by atoms with Gasteiger partial charge in [0.1, 0.15) is 0 Å². The summed E-state index contributed by atoms with van der Waals surface area (Å²) < 4.78 is 24.1. The molecule has 0 radical (unpaired) electrons. The van der Waals surface area contributed by atoms with Crippen molar-refractivity contribution < 1.29 is 8.42 Å². The van der Waals surface area contributed by atoms with E-state index in [2.05, 4.69) is 6.92 Å². The number of halogens is 1. The second kappa shape index (κ2) is 5.87. The Morgan fingerprint density at radius 3 is 2.41 bits per heavy atom. The second-order valence-corrected chi connectivity index (χ2v) is 7.43. The van der Waals surface area contributed by atoms with E-state index < -0.39 is 9.84 Å². The maximum absolute atomic E-state index is 12.0. The molecule has 0 heterocycles. The molecule has 0 aliphatic rings. The van der Waals surface area contributed by atoms with Gasteiger partial charge in [-0.3, -0.25) is 0 Å². The zero-order chi connectivity index (χ0) is 13.1. The Morgan fingerprint density at radius 1 is 1.24 bits per heavy atom. The summed E-state index contributed by atoms with van der Waals surface area (Å²) in [6, 6.07) is 7.19. The average Bonchev–Trinajstić information content (AvgIpc) is 2.29. The van der Waals surface area contributed by atoms with E-state index in [9.17, 15) is 8.42 Å². The van der Waals surface area contributed by atoms with Gasteiger partial charge in [0.2, 0.25) is 0 Å². The Hall–Kier alpha value is -0.540. The summed E-state index contributed by atoms with van der Waals surface area (Å²) in [5.41, 5.74) is 1.03. The fourth-order valence-corrected chi connectivity index (χ4v) is 3.04. The maximum Gasteiger partial charge on any atom is 0.180 e. The molecule has 4 heteroatoms. The van der Waals surface area contributed by atoms with Gasteiger partial charge in [-0.2, -0.15) is 0 Å². The molecule has 0 bridgehead atoms. The Bertz CT molecular complexity index is 466. The van der Waals surface area contributed by atoms with E-state index in [4.69, 9.17) is 11.6 Å². The summed E-state index contributed by atoms with van der Waals surface area (Å²) >= 11 is 5.71. The Labute approximate surface area is 109 Å². The van der Waals surface area contributed by atoms with E-state index in [1.54, 1.807) is 32.0 Å². The molecule has 0 fully saturated rings. The van der Waals surface area contributed by atoms with Crippen molar-refractivity contribution in [2.24, 2.45) is 0 Å². The summed E-state index contributed by atoms with van der Waals surface area (Å²) in [6.45, 7) is 5.46. The van der Waals surface area contributed by atoms with Crippen LogP contribution in [0.3, 0.4) is 0 Å². The molecular formula is C13H19ClO2S. The lowest BCUT2D eigenvalue weighted by atomic mass is 9.99. The van der Waals surface area contributed by atoms with E-state index in [0.717, 1.165) is 12.0 Å². The standard InChI is InChI=1S/C13H19ClO2S/c1-10(2)17(15,16)13-6-4-5-12(9-13)11(3)7-8-14/h4-6,9-11H,7-8H2,1-3H3. The average molecular weight is 275 g/mol. The fraction of sp³-hybridized carbons (Fsp3) is 0.538. The molecule has 0 aromatic heterocycles. The minimum absolute atomic E-state index is 0.287. The van der Waals surface area contributed by atoms with Gasteiger partial charge in [0.05, 0.1) is 10.1 Å². The Morgan fingerprint density at radius 2 is 1.88 bits per heavy atom. The van der Waals surface area contributed by atoms with Crippen molar-refractivity contribution in [3.63, 3.8) is 0 Å². The molecule has 0 amide bonds. The molecule has 1 atom stereocenters. The zero-order valence-corrected chi connectivity index (χ0v) is 12.1. The van der Waals surface area contributed by atoms with Crippen molar-refractivity contribution in [2.75, 3.05) is 5.88 Å². The van der Waals surface area contributed by atoms with Crippen molar-refractivity contribution in [3.05, 3.63) is 29.8 Å². The van der Waals surface area contributed by atoms with Crippen LogP contribution < -0.4 is 0 Å². The molecule has 1 rings (SSSR count). The number of sulfone groups is 1. The third-order valence-corrected chi connectivity index (χ3v) is 5.29. The lowest BCUT2D eigenvalue weighted by Gasteiger charge is -2.13. The topological polar surface area (TPSA) is 34.1 Å². The van der Waals surface area contributed by atoms with E-state index in [0.29, 0.717) is 10.8 Å². The van der Waals surface area contributed by atoms with Crippen molar-refractivity contribution >= 4 is 21.4 Å². The van der Waals surface area contributed by atoms with E-state index in [-0.39, 0.29) is 11.2 Å². The normalized spacial score (nSPS) is 13.9. The van der Waals surface area contributed by atoms with Gasteiger partial charge in [-0.1, -0.05) is 19.1 Å². The van der Waals surface area contributed by atoms with E-state index >= 15 is 0 Å². The van der Waals surface area contributed by atoms with Gasteiger partial charge in [-0.25, -0.2) is 8.42 Å². The number of rotatable bonds is 5. The van der Waals surface area contributed by atoms with Gasteiger partial charge in [-0.15, -0.1) is 11.6 Å². The molecule has 1 aromatic carbocycles. The van der Waals surface area contributed by atoms with Gasteiger partial charge in [0.25, 0.3) is 0 Å². The van der Waals surface area contributed by atoms with Crippen LogP contribution >= 0.6 is 11.6 Å². The summed E-state index contributed by atoms with van der Waals surface area (Å²) in [4.78, 5) is 0.409. The smallest absolute Gasteiger partial charge is 0.180 e. The minimum atomic E-state index is -3.18. The van der Waals surface area contributed by atoms with Gasteiger partial charge < -0.3 is 0 Å². The molecule has 1 unspecified atom stereocenters. The predicted octanol–water partition coefficient (Wildman–Crippen LogP) is 3.60. The molecule has 0 N–H and O–H groups in total. The Balaban J connectivity index is 3.10. The molecule has 0 spiro atoms. The van der Waals surface area contributed by atoms with Gasteiger partial charge in [0, 0.05) is 5.88 Å². The summed E-state index contributed by atoms with van der Waals surface area (Å²) in [5, 5.41) is -0.388. The van der Waals surface area contributed by atoms with Crippen LogP contribution in [0.2, 0.25) is 0 Å². The third kappa shape index (κ3) is 3.46. The fourth-order valence-electron chi connectivity index (χ4n) is 1.60. The van der Waals surface area contributed by atoms with Crippen molar-refractivity contribution in [1.82, 2.24) is 0 Å². The molecule has 0 saturated carbocycles. The molecule has 1 aromatic rings. The molecule has 0 aliphatic heterocycles. The van der Waals surface area contributed by atoms with E-state index in [1.807, 2.05) is 6.07 Å². The lowest BCUT2D eigenvalue weighted by molar-refractivity contribution is 0.587. The number of hydrogen-bond acceptors (Lipinski definition) is 2. The summed E-state index contributed by atoms with van der Waals surface area (Å²) in [6.07, 6.45) is 0.854. The van der Waals surface area contributed by atoms with Crippen LogP contribution in [0.5, 0.6) is 0 Å². The molecule has 0 aliphatic carbocycles. The van der Waals surface area contributed by atoms with Crippen LogP contribution in [-0.4, -0.2) is 19.5 Å². The van der Waals surface area contributed by atoms with Crippen molar-refractivity contribution in [1.29, 1.82) is 0 Å². The second-order valence-electron chi connectivity index (χ2n) is 4.54. The number of hydrogen-bond donors (Lipinski definition) is 0. The molecule has 0 saturated heterocycles. The van der Waals surface area contributed by atoms with Gasteiger partial charge >= 0.3 is 0 Å². The zero-order valence-electron chi connectivity index (χ0n) is 10.5. The molecule has 96 valence electrons. The summed E-state index contributed by atoms with van der Waals surface area (Å²) in [7, 11) is -3.18. The first-order valence-corrected chi connectivity index (χ1v) is 7.87. The first-order valence-electron chi connectivity index (χ1n) is 5.79. The third-order valence-electron chi connectivity index (χ3n) is 2.92. The monoisotopic (exact) mass is 274 g/mol. The van der Waals surface area contributed by atoms with Crippen LogP contribution in [0, 0.1) is 0 Å². The molecule has 17 heavy (non-hydrogen) atoms. The maximum atomic E-state index is 12.0. The van der Waals surface area contributed by atoms with Gasteiger partial charge in [0.15, 0.2) is 9.84 Å². The quantitative estimate of drug-likeness (QED) is 0.769. The van der Waals surface area contributed by atoms with Crippen molar-refractivity contribution in [2.45, 2.75) is 43.3 Å². The lowest BCUT2D eigenvalue weighted by Crippen LogP contribution is -2.14. The van der Waals surface area contributed by atoms with E-state index in [1.165, 1.54) is 0 Å². The SMILES string of the molecule is CC(CCCl)c1cccc(S(=O)(=O)C(C)C)c1. The van der Waals surface area contributed by atoms with Gasteiger partial charge in [-0.05, 0) is 43.9 Å². The van der Waals surface area contributed by atoms with Crippen LogP contribution in [0.25, 0.3) is 0 Å². The Kier molecular flexibility index (Phi) is 5.02. The highest BCUT2D eigenvalue weighted by Crippen LogP contribution is 2.24. The summed E-state index contributed by atoms with van der Waals surface area (Å²) in [5.74, 6) is 0.873. The van der Waals surface area contributed by atoms with Crippen LogP contribution in [0.1, 0.15) is 38.7 Å². The van der Waals surface area contributed by atoms with Crippen LogP contribution in [0.4, 0.5) is 0 Å². The van der Waals surface area contributed by atoms with Crippen LogP contribution in [-0.2, 0) is 9.84 Å². The van der Waals surface area contributed by atoms with Crippen molar-refractivity contribution in [3.8, 4) is 0 Å². The highest BCUT2D eigenvalue weighted by atomic mass is 35.5.